The van der Waals surface area contributed by atoms with Crippen LogP contribution in [0.25, 0.3) is 0 Å². The lowest BCUT2D eigenvalue weighted by Crippen LogP contribution is -2.31. The van der Waals surface area contributed by atoms with Gasteiger partial charge < -0.3 is 9.57 Å². The first-order valence-corrected chi connectivity index (χ1v) is 4.95. The first kappa shape index (κ1) is 11.7. The van der Waals surface area contributed by atoms with Gasteiger partial charge in [0.05, 0.1) is 7.11 Å². The Bertz CT molecular complexity index is 256. The second-order valence-corrected chi connectivity index (χ2v) is 3.26. The van der Waals surface area contributed by atoms with Crippen molar-refractivity contribution in [2.24, 2.45) is 0 Å². The first-order chi connectivity index (χ1) is 7.22. The lowest BCUT2D eigenvalue weighted by Gasteiger charge is -2.23. The van der Waals surface area contributed by atoms with Crippen molar-refractivity contribution in [2.75, 3.05) is 20.2 Å². The molecular weight excluding hydrogens is 198 g/mol. The van der Waals surface area contributed by atoms with Crippen LogP contribution >= 0.6 is 0 Å². The van der Waals surface area contributed by atoms with Crippen LogP contribution in [0.15, 0.2) is 12.2 Å². The van der Waals surface area contributed by atoms with E-state index in [9.17, 15) is 9.59 Å². The highest BCUT2D eigenvalue weighted by atomic mass is 16.7. The van der Waals surface area contributed by atoms with Crippen LogP contribution in [-0.4, -0.2) is 37.2 Å². The number of hydroxylamine groups is 2. The van der Waals surface area contributed by atoms with Gasteiger partial charge in [0.2, 0.25) is 0 Å². The van der Waals surface area contributed by atoms with Crippen LogP contribution in [0.2, 0.25) is 0 Å². The van der Waals surface area contributed by atoms with Gasteiger partial charge in [0, 0.05) is 25.2 Å². The van der Waals surface area contributed by atoms with Crippen molar-refractivity contribution < 1.29 is 19.2 Å². The topological polar surface area (TPSA) is 55.8 Å². The summed E-state index contributed by atoms with van der Waals surface area (Å²) >= 11 is 0. The zero-order valence-corrected chi connectivity index (χ0v) is 8.77. The highest BCUT2D eigenvalue weighted by molar-refractivity contribution is 5.91. The smallest absolute Gasteiger partial charge is 0.349 e. The Labute approximate surface area is 88.6 Å². The zero-order valence-electron chi connectivity index (χ0n) is 8.77. The fourth-order valence-corrected chi connectivity index (χ4v) is 1.32. The average molecular weight is 213 g/mol. The molecule has 0 radical (unpaired) electrons. The second-order valence-electron chi connectivity index (χ2n) is 3.26. The van der Waals surface area contributed by atoms with Gasteiger partial charge in [0.15, 0.2) is 0 Å². The van der Waals surface area contributed by atoms with E-state index in [1.54, 1.807) is 5.06 Å². The van der Waals surface area contributed by atoms with E-state index in [-0.39, 0.29) is 0 Å². The van der Waals surface area contributed by atoms with Crippen molar-refractivity contribution in [3.05, 3.63) is 12.2 Å². The van der Waals surface area contributed by atoms with Crippen LogP contribution in [0.3, 0.4) is 0 Å². The lowest BCUT2D eigenvalue weighted by molar-refractivity contribution is -0.188. The fraction of sp³-hybridized carbons (Fsp3) is 0.600. The zero-order chi connectivity index (χ0) is 11.1. The maximum Gasteiger partial charge on any atom is 0.349 e. The number of hydrogen-bond donors (Lipinski definition) is 0. The average Bonchev–Trinajstić information content (AvgIpc) is 2.27. The predicted molar refractivity (Wildman–Crippen MR) is 52.7 cm³/mol. The highest BCUT2D eigenvalue weighted by Gasteiger charge is 2.13. The number of piperidine rings is 1. The van der Waals surface area contributed by atoms with Crippen molar-refractivity contribution >= 4 is 11.9 Å². The quantitative estimate of drug-likeness (QED) is 0.509. The summed E-state index contributed by atoms with van der Waals surface area (Å²) in [6, 6.07) is 0. The van der Waals surface area contributed by atoms with Crippen LogP contribution in [0.1, 0.15) is 19.3 Å². The molecule has 1 fully saturated rings. The van der Waals surface area contributed by atoms with Crippen molar-refractivity contribution in [1.82, 2.24) is 5.06 Å². The SMILES string of the molecule is COC(=O)/C=C/C(=O)ON1CCCCC1. The van der Waals surface area contributed by atoms with Crippen molar-refractivity contribution in [3.8, 4) is 0 Å². The van der Waals surface area contributed by atoms with Crippen LogP contribution < -0.4 is 0 Å². The van der Waals surface area contributed by atoms with E-state index in [4.69, 9.17) is 4.84 Å². The summed E-state index contributed by atoms with van der Waals surface area (Å²) in [4.78, 5) is 26.8. The minimum Gasteiger partial charge on any atom is -0.466 e. The monoisotopic (exact) mass is 213 g/mol. The standard InChI is InChI=1S/C10H15NO4/c1-14-9(12)5-6-10(13)15-11-7-3-2-4-8-11/h5-6H,2-4,7-8H2,1H3/b6-5+. The molecule has 0 aromatic carbocycles. The van der Waals surface area contributed by atoms with Gasteiger partial charge in [-0.05, 0) is 12.8 Å². The molecule has 0 unspecified atom stereocenters. The molecule has 15 heavy (non-hydrogen) atoms. The van der Waals surface area contributed by atoms with Crippen LogP contribution in [0, 0.1) is 0 Å². The van der Waals surface area contributed by atoms with E-state index < -0.39 is 11.9 Å². The van der Waals surface area contributed by atoms with Gasteiger partial charge in [-0.15, -0.1) is 5.06 Å². The largest absolute Gasteiger partial charge is 0.466 e. The second kappa shape index (κ2) is 6.19. The molecule has 1 saturated heterocycles. The number of ether oxygens (including phenoxy) is 1. The molecule has 0 N–H and O–H groups in total. The van der Waals surface area contributed by atoms with Crippen molar-refractivity contribution in [1.29, 1.82) is 0 Å². The van der Waals surface area contributed by atoms with Gasteiger partial charge in [-0.2, -0.15) is 0 Å². The van der Waals surface area contributed by atoms with E-state index in [1.807, 2.05) is 0 Å². The summed E-state index contributed by atoms with van der Waals surface area (Å²) in [5, 5.41) is 1.62. The van der Waals surface area contributed by atoms with Gasteiger partial charge in [0.25, 0.3) is 0 Å². The molecule has 84 valence electrons. The van der Waals surface area contributed by atoms with Crippen molar-refractivity contribution in [3.63, 3.8) is 0 Å². The molecule has 1 aliphatic rings. The number of carbonyl (C=O) groups excluding carboxylic acids is 2. The number of hydrogen-bond acceptors (Lipinski definition) is 5. The highest BCUT2D eigenvalue weighted by Crippen LogP contribution is 2.08. The Kier molecular flexibility index (Phi) is 4.83. The molecule has 0 aliphatic carbocycles. The molecule has 5 nitrogen and oxygen atoms in total. The normalized spacial score (nSPS) is 17.7. The molecule has 0 atom stereocenters. The van der Waals surface area contributed by atoms with Gasteiger partial charge >= 0.3 is 11.9 Å². The molecule has 1 aliphatic heterocycles. The Balaban J connectivity index is 2.28. The summed E-state index contributed by atoms with van der Waals surface area (Å²) < 4.78 is 4.34. The maximum absolute atomic E-state index is 11.2. The Morgan fingerprint density at radius 2 is 1.67 bits per heavy atom. The summed E-state index contributed by atoms with van der Waals surface area (Å²) in [7, 11) is 1.25. The molecule has 1 rings (SSSR count). The molecule has 0 aromatic rings. The first-order valence-electron chi connectivity index (χ1n) is 4.95. The Hall–Kier alpha value is -1.36. The number of esters is 1. The van der Waals surface area contributed by atoms with E-state index >= 15 is 0 Å². The number of carbonyl (C=O) groups is 2. The van der Waals surface area contributed by atoms with Gasteiger partial charge in [-0.1, -0.05) is 6.42 Å². The lowest BCUT2D eigenvalue weighted by atomic mass is 10.2. The minimum atomic E-state index is -0.564. The van der Waals surface area contributed by atoms with E-state index in [0.29, 0.717) is 0 Å². The summed E-state index contributed by atoms with van der Waals surface area (Å²) in [5.74, 6) is -1.10. The van der Waals surface area contributed by atoms with Crippen LogP contribution in [-0.2, 0) is 19.2 Å². The Morgan fingerprint density at radius 3 is 2.27 bits per heavy atom. The molecule has 5 heteroatoms. The van der Waals surface area contributed by atoms with Crippen LogP contribution in [0.4, 0.5) is 0 Å². The molecular formula is C10H15NO4. The molecule has 1 heterocycles. The predicted octanol–water partition coefficient (Wildman–Crippen LogP) is 0.660. The van der Waals surface area contributed by atoms with Crippen LogP contribution in [0.5, 0.6) is 0 Å². The van der Waals surface area contributed by atoms with Gasteiger partial charge in [0.1, 0.15) is 0 Å². The number of rotatable bonds is 3. The third-order valence-corrected chi connectivity index (χ3v) is 2.09. The summed E-state index contributed by atoms with van der Waals surface area (Å²) in [6.07, 6.45) is 5.36. The third kappa shape index (κ3) is 4.60. The molecule has 0 aromatic heterocycles. The van der Waals surface area contributed by atoms with E-state index in [0.717, 1.165) is 38.1 Å². The van der Waals surface area contributed by atoms with Gasteiger partial charge in [-0.25, -0.2) is 9.59 Å². The minimum absolute atomic E-state index is 0.540. The summed E-state index contributed by atoms with van der Waals surface area (Å²) in [6.45, 7) is 1.52. The fourth-order valence-electron chi connectivity index (χ4n) is 1.32. The van der Waals surface area contributed by atoms with E-state index in [2.05, 4.69) is 4.74 Å². The molecule has 0 bridgehead atoms. The van der Waals surface area contributed by atoms with Crippen molar-refractivity contribution in [2.45, 2.75) is 19.3 Å². The number of methoxy groups -OCH3 is 1. The molecule has 0 amide bonds. The third-order valence-electron chi connectivity index (χ3n) is 2.09. The van der Waals surface area contributed by atoms with Gasteiger partial charge in [-0.3, -0.25) is 0 Å². The Morgan fingerprint density at radius 1 is 1.07 bits per heavy atom. The van der Waals surface area contributed by atoms with E-state index in [1.165, 1.54) is 13.5 Å². The molecule has 0 spiro atoms. The number of nitrogens with zero attached hydrogens (tertiary/aromatic N) is 1. The maximum atomic E-state index is 11.2. The summed E-state index contributed by atoms with van der Waals surface area (Å²) in [5.41, 5.74) is 0. The molecule has 0 saturated carbocycles.